The fourth-order valence-electron chi connectivity index (χ4n) is 1.82. The summed E-state index contributed by atoms with van der Waals surface area (Å²) in [6.07, 6.45) is 3.89. The van der Waals surface area contributed by atoms with Crippen LogP contribution in [-0.4, -0.2) is 4.57 Å². The molecular formula is C9H14N2. The minimum Gasteiger partial charge on any atom is -0.347 e. The van der Waals surface area contributed by atoms with Crippen LogP contribution in [0.1, 0.15) is 24.2 Å². The summed E-state index contributed by atoms with van der Waals surface area (Å²) in [6.45, 7) is 1.86. The van der Waals surface area contributed by atoms with Crippen LogP contribution in [0.5, 0.6) is 0 Å². The summed E-state index contributed by atoms with van der Waals surface area (Å²) >= 11 is 0. The maximum atomic E-state index is 5.60. The topological polar surface area (TPSA) is 30.9 Å². The second-order valence-electron chi connectivity index (χ2n) is 3.13. The largest absolute Gasteiger partial charge is 0.347 e. The third-order valence-corrected chi connectivity index (χ3v) is 2.44. The Labute approximate surface area is 67.0 Å². The lowest BCUT2D eigenvalue weighted by atomic mass is 10.1. The Hall–Kier alpha value is -0.760. The first-order valence-electron chi connectivity index (χ1n) is 4.29. The predicted molar refractivity (Wildman–Crippen MR) is 45.3 cm³/mol. The van der Waals surface area contributed by atoms with Crippen LogP contribution in [0.3, 0.4) is 0 Å². The van der Waals surface area contributed by atoms with Gasteiger partial charge >= 0.3 is 0 Å². The molecule has 0 fully saturated rings. The maximum absolute atomic E-state index is 5.60. The highest BCUT2D eigenvalue weighted by atomic mass is 15.0. The summed E-state index contributed by atoms with van der Waals surface area (Å²) in [7, 11) is 0. The van der Waals surface area contributed by atoms with Crippen LogP contribution in [0.15, 0.2) is 12.1 Å². The molecular weight excluding hydrogens is 136 g/mol. The monoisotopic (exact) mass is 150 g/mol. The third kappa shape index (κ3) is 1.07. The number of nitrogens with zero attached hydrogens (tertiary/aromatic N) is 1. The van der Waals surface area contributed by atoms with Gasteiger partial charge in [-0.15, -0.1) is 0 Å². The zero-order valence-corrected chi connectivity index (χ0v) is 6.71. The quantitative estimate of drug-likeness (QED) is 0.642. The average Bonchev–Trinajstić information content (AvgIpc) is 2.47. The highest BCUT2D eigenvalue weighted by molar-refractivity contribution is 5.17. The molecule has 1 aromatic rings. The molecule has 0 radical (unpaired) electrons. The van der Waals surface area contributed by atoms with Gasteiger partial charge < -0.3 is 10.3 Å². The Bertz CT molecular complexity index is 237. The summed E-state index contributed by atoms with van der Waals surface area (Å²) < 4.78 is 2.36. The van der Waals surface area contributed by atoms with Crippen molar-refractivity contribution in [3.63, 3.8) is 0 Å². The average molecular weight is 150 g/mol. The van der Waals surface area contributed by atoms with Gasteiger partial charge in [-0.25, -0.2) is 0 Å². The Morgan fingerprint density at radius 2 is 2.27 bits per heavy atom. The normalized spacial score (nSPS) is 16.5. The minimum atomic E-state index is 0.681. The molecule has 11 heavy (non-hydrogen) atoms. The third-order valence-electron chi connectivity index (χ3n) is 2.44. The first-order valence-corrected chi connectivity index (χ1v) is 4.29. The SMILES string of the molecule is NCc1ccc2n1CCCC2. The number of aryl methyl sites for hydroxylation is 1. The van der Waals surface area contributed by atoms with Crippen LogP contribution < -0.4 is 5.73 Å². The summed E-state index contributed by atoms with van der Waals surface area (Å²) in [5.74, 6) is 0. The van der Waals surface area contributed by atoms with Crippen LogP contribution in [0, 0.1) is 0 Å². The zero-order valence-electron chi connectivity index (χ0n) is 6.71. The molecule has 60 valence electrons. The van der Waals surface area contributed by atoms with Gasteiger partial charge in [0, 0.05) is 24.5 Å². The van der Waals surface area contributed by atoms with Gasteiger partial charge in [-0.3, -0.25) is 0 Å². The molecule has 2 N–H and O–H groups in total. The van der Waals surface area contributed by atoms with E-state index in [1.807, 2.05) is 0 Å². The molecule has 1 aliphatic heterocycles. The Morgan fingerprint density at radius 1 is 1.36 bits per heavy atom. The van der Waals surface area contributed by atoms with Gasteiger partial charge in [-0.1, -0.05) is 0 Å². The summed E-state index contributed by atoms with van der Waals surface area (Å²) in [5, 5.41) is 0. The fraction of sp³-hybridized carbons (Fsp3) is 0.556. The van der Waals surface area contributed by atoms with E-state index in [0.717, 1.165) is 0 Å². The van der Waals surface area contributed by atoms with E-state index in [9.17, 15) is 0 Å². The molecule has 0 aromatic carbocycles. The maximum Gasteiger partial charge on any atom is 0.0334 e. The van der Waals surface area contributed by atoms with Gasteiger partial charge in [0.05, 0.1) is 0 Å². The predicted octanol–water partition coefficient (Wildman–Crippen LogP) is 1.28. The van der Waals surface area contributed by atoms with Crippen molar-refractivity contribution in [2.45, 2.75) is 32.4 Å². The Balaban J connectivity index is 2.38. The van der Waals surface area contributed by atoms with E-state index < -0.39 is 0 Å². The van der Waals surface area contributed by atoms with Crippen LogP contribution >= 0.6 is 0 Å². The van der Waals surface area contributed by atoms with Crippen LogP contribution in [0.25, 0.3) is 0 Å². The van der Waals surface area contributed by atoms with Crippen molar-refractivity contribution in [2.24, 2.45) is 5.73 Å². The molecule has 1 aliphatic rings. The van der Waals surface area contributed by atoms with Gasteiger partial charge in [0.15, 0.2) is 0 Å². The molecule has 0 atom stereocenters. The van der Waals surface area contributed by atoms with E-state index in [-0.39, 0.29) is 0 Å². The van der Waals surface area contributed by atoms with Crippen molar-refractivity contribution >= 4 is 0 Å². The minimum absolute atomic E-state index is 0.681. The molecule has 0 spiro atoms. The van der Waals surface area contributed by atoms with Crippen molar-refractivity contribution in [2.75, 3.05) is 0 Å². The highest BCUT2D eigenvalue weighted by Crippen LogP contribution is 2.17. The van der Waals surface area contributed by atoms with Crippen LogP contribution in [-0.2, 0) is 19.5 Å². The molecule has 0 bridgehead atoms. The second kappa shape index (κ2) is 2.70. The highest BCUT2D eigenvalue weighted by Gasteiger charge is 2.10. The van der Waals surface area contributed by atoms with Crippen LogP contribution in [0.2, 0.25) is 0 Å². The first-order chi connectivity index (χ1) is 5.42. The summed E-state index contributed by atoms with van der Waals surface area (Å²) in [4.78, 5) is 0. The molecule has 0 saturated carbocycles. The first kappa shape index (κ1) is 6.92. The molecule has 0 amide bonds. The Kier molecular flexibility index (Phi) is 1.70. The molecule has 2 heterocycles. The van der Waals surface area contributed by atoms with Gasteiger partial charge in [0.1, 0.15) is 0 Å². The molecule has 0 saturated heterocycles. The van der Waals surface area contributed by atoms with Crippen molar-refractivity contribution in [3.8, 4) is 0 Å². The molecule has 1 aromatic heterocycles. The van der Waals surface area contributed by atoms with E-state index in [2.05, 4.69) is 16.7 Å². The van der Waals surface area contributed by atoms with Crippen molar-refractivity contribution < 1.29 is 0 Å². The lowest BCUT2D eigenvalue weighted by molar-refractivity contribution is 0.518. The van der Waals surface area contributed by atoms with Crippen molar-refractivity contribution in [3.05, 3.63) is 23.5 Å². The smallest absolute Gasteiger partial charge is 0.0334 e. The zero-order chi connectivity index (χ0) is 7.68. The number of hydrogen-bond acceptors (Lipinski definition) is 1. The van der Waals surface area contributed by atoms with Gasteiger partial charge in [-0.2, -0.15) is 0 Å². The van der Waals surface area contributed by atoms with Crippen molar-refractivity contribution in [1.82, 2.24) is 4.57 Å². The molecule has 2 heteroatoms. The van der Waals surface area contributed by atoms with E-state index in [1.54, 1.807) is 0 Å². The summed E-state index contributed by atoms with van der Waals surface area (Å²) in [5.41, 5.74) is 8.36. The molecule has 2 rings (SSSR count). The van der Waals surface area contributed by atoms with Gasteiger partial charge in [0.2, 0.25) is 0 Å². The summed E-state index contributed by atoms with van der Waals surface area (Å²) in [6, 6.07) is 4.36. The lowest BCUT2D eigenvalue weighted by Gasteiger charge is -2.17. The van der Waals surface area contributed by atoms with E-state index in [0.29, 0.717) is 6.54 Å². The molecule has 2 nitrogen and oxygen atoms in total. The number of hydrogen-bond donors (Lipinski definition) is 1. The number of rotatable bonds is 1. The molecule has 0 aliphatic carbocycles. The van der Waals surface area contributed by atoms with E-state index >= 15 is 0 Å². The van der Waals surface area contributed by atoms with Crippen LogP contribution in [0.4, 0.5) is 0 Å². The fourth-order valence-corrected chi connectivity index (χ4v) is 1.82. The van der Waals surface area contributed by atoms with Crippen molar-refractivity contribution in [1.29, 1.82) is 0 Å². The number of nitrogens with two attached hydrogens (primary N) is 1. The lowest BCUT2D eigenvalue weighted by Crippen LogP contribution is -2.14. The van der Waals surface area contributed by atoms with Gasteiger partial charge in [-0.05, 0) is 31.4 Å². The van der Waals surface area contributed by atoms with E-state index in [1.165, 1.54) is 37.2 Å². The standard InChI is InChI=1S/C9H14N2/c10-7-9-5-4-8-3-1-2-6-11(8)9/h4-5H,1-3,6-7,10H2. The molecule has 0 unspecified atom stereocenters. The van der Waals surface area contributed by atoms with E-state index in [4.69, 9.17) is 5.73 Å². The number of aromatic nitrogens is 1. The number of fused-ring (bicyclic) bond motifs is 1. The van der Waals surface area contributed by atoms with Gasteiger partial charge in [0.25, 0.3) is 0 Å². The Morgan fingerprint density at radius 3 is 3.09 bits per heavy atom. The second-order valence-corrected chi connectivity index (χ2v) is 3.13.